The highest BCUT2D eigenvalue weighted by Crippen LogP contribution is 2.14. The average Bonchev–Trinajstić information content (AvgIpc) is 2.55. The number of amides is 1. The van der Waals surface area contributed by atoms with Gasteiger partial charge in [-0.2, -0.15) is 0 Å². The number of nitrogens with zero attached hydrogens (tertiary/aromatic N) is 1. The quantitative estimate of drug-likeness (QED) is 0.598. The van der Waals surface area contributed by atoms with Gasteiger partial charge in [0.2, 0.25) is 5.91 Å². The van der Waals surface area contributed by atoms with E-state index in [1.807, 2.05) is 18.2 Å². The molecule has 0 saturated heterocycles. The molecule has 4 heteroatoms. The summed E-state index contributed by atoms with van der Waals surface area (Å²) in [4.78, 5) is 16.0. The summed E-state index contributed by atoms with van der Waals surface area (Å²) in [5, 5.41) is 4.01. The maximum Gasteiger partial charge on any atom is 0.220 e. The summed E-state index contributed by atoms with van der Waals surface area (Å²) in [6.45, 7) is 2.80. The number of carbonyl (C=O) groups excluding carboxylic acids is 1. The fraction of sp³-hybridized carbons (Fsp3) is 0.333. The van der Waals surface area contributed by atoms with E-state index in [-0.39, 0.29) is 5.91 Å². The third kappa shape index (κ3) is 6.31. The van der Waals surface area contributed by atoms with Gasteiger partial charge in [-0.25, -0.2) is 4.98 Å². The Morgan fingerprint density at radius 1 is 1.18 bits per heavy atom. The van der Waals surface area contributed by atoms with Gasteiger partial charge in [0, 0.05) is 24.9 Å². The van der Waals surface area contributed by atoms with E-state index in [0.29, 0.717) is 6.42 Å². The first-order valence-electron chi connectivity index (χ1n) is 7.60. The van der Waals surface area contributed by atoms with Crippen molar-refractivity contribution in [3.8, 4) is 0 Å². The first kappa shape index (κ1) is 16.6. The van der Waals surface area contributed by atoms with Crippen molar-refractivity contribution in [3.05, 3.63) is 59.8 Å². The Kier molecular flexibility index (Phi) is 6.97. The number of rotatable bonds is 8. The van der Waals surface area contributed by atoms with Gasteiger partial charge in [-0.1, -0.05) is 35.9 Å². The molecule has 2 rings (SSSR count). The molecule has 1 aromatic heterocycles. The highest BCUT2D eigenvalue weighted by Gasteiger charge is 2.02. The largest absolute Gasteiger partial charge is 0.356 e. The highest BCUT2D eigenvalue weighted by atomic mass is 32.2. The number of thioether (sulfide) groups is 1. The van der Waals surface area contributed by atoms with E-state index in [9.17, 15) is 4.79 Å². The van der Waals surface area contributed by atoms with Crippen molar-refractivity contribution in [2.45, 2.75) is 31.2 Å². The molecule has 0 atom stereocenters. The maximum absolute atomic E-state index is 11.8. The van der Waals surface area contributed by atoms with Gasteiger partial charge in [0.25, 0.3) is 0 Å². The van der Waals surface area contributed by atoms with E-state index in [1.54, 1.807) is 18.0 Å². The molecule has 0 fully saturated rings. The Labute approximate surface area is 136 Å². The van der Waals surface area contributed by atoms with Crippen LogP contribution in [0.2, 0.25) is 0 Å². The zero-order chi connectivity index (χ0) is 15.6. The van der Waals surface area contributed by atoms with Gasteiger partial charge in [0.05, 0.1) is 5.03 Å². The van der Waals surface area contributed by atoms with Crippen LogP contribution < -0.4 is 5.32 Å². The minimum absolute atomic E-state index is 0.128. The fourth-order valence-corrected chi connectivity index (χ4v) is 2.82. The fourth-order valence-electron chi connectivity index (χ4n) is 2.01. The van der Waals surface area contributed by atoms with Gasteiger partial charge in [-0.05, 0) is 37.5 Å². The predicted octanol–water partition coefficient (Wildman–Crippen LogP) is 3.62. The lowest BCUT2D eigenvalue weighted by molar-refractivity contribution is -0.121. The number of nitrogens with one attached hydrogen (secondary N) is 1. The van der Waals surface area contributed by atoms with E-state index in [4.69, 9.17) is 0 Å². The Bertz CT molecular complexity index is 569. The molecule has 0 aliphatic carbocycles. The molecule has 2 aromatic rings. The summed E-state index contributed by atoms with van der Waals surface area (Å²) in [7, 11) is 0. The third-order valence-corrected chi connectivity index (χ3v) is 4.32. The van der Waals surface area contributed by atoms with Gasteiger partial charge >= 0.3 is 0 Å². The van der Waals surface area contributed by atoms with Crippen LogP contribution in [-0.4, -0.2) is 23.2 Å². The molecule has 116 valence electrons. The smallest absolute Gasteiger partial charge is 0.220 e. The molecule has 1 aromatic carbocycles. The van der Waals surface area contributed by atoms with Crippen molar-refractivity contribution in [1.82, 2.24) is 10.3 Å². The molecule has 0 saturated carbocycles. The molecule has 0 spiro atoms. The number of benzene rings is 1. The Balaban J connectivity index is 1.55. The molecule has 0 radical (unpaired) electrons. The summed E-state index contributed by atoms with van der Waals surface area (Å²) >= 11 is 1.72. The molecular formula is C18H22N2OS. The molecular weight excluding hydrogens is 292 g/mol. The highest BCUT2D eigenvalue weighted by molar-refractivity contribution is 7.99. The second-order valence-corrected chi connectivity index (χ2v) is 6.32. The van der Waals surface area contributed by atoms with Crippen LogP contribution in [0.25, 0.3) is 0 Å². The number of carbonyl (C=O) groups is 1. The zero-order valence-electron chi connectivity index (χ0n) is 12.9. The monoisotopic (exact) mass is 314 g/mol. The van der Waals surface area contributed by atoms with Crippen LogP contribution in [0.5, 0.6) is 0 Å². The van der Waals surface area contributed by atoms with Crippen LogP contribution in [0, 0.1) is 6.92 Å². The molecule has 0 bridgehead atoms. The Morgan fingerprint density at radius 2 is 2.00 bits per heavy atom. The van der Waals surface area contributed by atoms with Gasteiger partial charge < -0.3 is 5.32 Å². The molecule has 3 nitrogen and oxygen atoms in total. The van der Waals surface area contributed by atoms with Crippen LogP contribution >= 0.6 is 11.8 Å². The third-order valence-electron chi connectivity index (χ3n) is 3.29. The minimum atomic E-state index is 0.128. The second-order valence-electron chi connectivity index (χ2n) is 5.21. The molecule has 0 unspecified atom stereocenters. The predicted molar refractivity (Wildman–Crippen MR) is 92.1 cm³/mol. The molecule has 22 heavy (non-hydrogen) atoms. The van der Waals surface area contributed by atoms with Crippen LogP contribution in [0.3, 0.4) is 0 Å². The topological polar surface area (TPSA) is 42.0 Å². The van der Waals surface area contributed by atoms with Crippen LogP contribution in [0.1, 0.15) is 24.0 Å². The number of hydrogen-bond acceptors (Lipinski definition) is 3. The lowest BCUT2D eigenvalue weighted by atomic mass is 10.1. The molecule has 1 heterocycles. The Morgan fingerprint density at radius 3 is 2.73 bits per heavy atom. The zero-order valence-corrected chi connectivity index (χ0v) is 13.7. The average molecular weight is 314 g/mol. The number of hydrogen-bond donors (Lipinski definition) is 1. The number of pyridine rings is 1. The van der Waals surface area contributed by atoms with E-state index in [1.165, 1.54) is 11.1 Å². The van der Waals surface area contributed by atoms with Crippen LogP contribution in [0.4, 0.5) is 0 Å². The summed E-state index contributed by atoms with van der Waals surface area (Å²) in [5.41, 5.74) is 2.46. The summed E-state index contributed by atoms with van der Waals surface area (Å²) in [5.74, 6) is 1.10. The number of aromatic nitrogens is 1. The maximum atomic E-state index is 11.8. The van der Waals surface area contributed by atoms with E-state index in [0.717, 1.165) is 30.2 Å². The van der Waals surface area contributed by atoms with E-state index >= 15 is 0 Å². The van der Waals surface area contributed by atoms with Crippen molar-refractivity contribution in [3.63, 3.8) is 0 Å². The van der Waals surface area contributed by atoms with Gasteiger partial charge in [0.1, 0.15) is 0 Å². The van der Waals surface area contributed by atoms with Crippen molar-refractivity contribution in [2.75, 3.05) is 12.3 Å². The van der Waals surface area contributed by atoms with Crippen molar-refractivity contribution in [2.24, 2.45) is 0 Å². The van der Waals surface area contributed by atoms with Crippen molar-refractivity contribution < 1.29 is 4.79 Å². The minimum Gasteiger partial charge on any atom is -0.356 e. The summed E-state index contributed by atoms with van der Waals surface area (Å²) in [6.07, 6.45) is 4.11. The molecule has 1 N–H and O–H groups in total. The SMILES string of the molecule is Cc1ccc(CCC(=O)NCCCSc2ccccn2)cc1. The lowest BCUT2D eigenvalue weighted by Gasteiger charge is -2.05. The normalized spacial score (nSPS) is 10.4. The summed E-state index contributed by atoms with van der Waals surface area (Å²) < 4.78 is 0. The van der Waals surface area contributed by atoms with Crippen LogP contribution in [-0.2, 0) is 11.2 Å². The van der Waals surface area contributed by atoms with Crippen molar-refractivity contribution >= 4 is 17.7 Å². The summed E-state index contributed by atoms with van der Waals surface area (Å²) in [6, 6.07) is 14.3. The van der Waals surface area contributed by atoms with E-state index < -0.39 is 0 Å². The molecule has 1 amide bonds. The number of aryl methyl sites for hydroxylation is 2. The molecule has 0 aliphatic rings. The first-order chi connectivity index (χ1) is 10.7. The van der Waals surface area contributed by atoms with E-state index in [2.05, 4.69) is 41.5 Å². The Hall–Kier alpha value is -1.81. The van der Waals surface area contributed by atoms with Gasteiger partial charge in [-0.3, -0.25) is 4.79 Å². The first-order valence-corrected chi connectivity index (χ1v) is 8.59. The second kappa shape index (κ2) is 9.26. The standard InChI is InChI=1S/C18H22N2OS/c1-15-6-8-16(9-7-15)10-11-17(21)19-13-4-14-22-18-5-2-3-12-20-18/h2-3,5-9,12H,4,10-11,13-14H2,1H3,(H,19,21). The lowest BCUT2D eigenvalue weighted by Crippen LogP contribution is -2.24. The van der Waals surface area contributed by atoms with Crippen LogP contribution in [0.15, 0.2) is 53.7 Å². The van der Waals surface area contributed by atoms with Gasteiger partial charge in [-0.15, -0.1) is 11.8 Å². The van der Waals surface area contributed by atoms with Gasteiger partial charge in [0.15, 0.2) is 0 Å². The molecule has 0 aliphatic heterocycles. The van der Waals surface area contributed by atoms with Crippen molar-refractivity contribution in [1.29, 1.82) is 0 Å².